The standard InChI is InChI=1S/C23H25N3O3/c27-21(25-14-12-24(13-15-25)17-18-6-2-1-3-7-18)10-11-26-22(28)16-19-8-4-5-9-20(19)23(26)29/h1-9H,10-17H2. The van der Waals surface area contributed by atoms with Crippen LogP contribution in [0.4, 0.5) is 0 Å². The Labute approximate surface area is 170 Å². The number of rotatable bonds is 5. The fourth-order valence-electron chi connectivity index (χ4n) is 3.99. The second-order valence-corrected chi connectivity index (χ2v) is 7.58. The molecule has 2 aromatic rings. The molecule has 4 rings (SSSR count). The van der Waals surface area contributed by atoms with Crippen molar-refractivity contribution in [1.82, 2.24) is 14.7 Å². The lowest BCUT2D eigenvalue weighted by Gasteiger charge is -2.35. The number of imide groups is 1. The van der Waals surface area contributed by atoms with Gasteiger partial charge in [0.2, 0.25) is 11.8 Å². The third kappa shape index (κ3) is 4.38. The Morgan fingerprint density at radius 1 is 0.862 bits per heavy atom. The number of carbonyl (C=O) groups excluding carboxylic acids is 3. The largest absolute Gasteiger partial charge is 0.340 e. The molecule has 2 aliphatic heterocycles. The van der Waals surface area contributed by atoms with Crippen LogP contribution in [-0.2, 0) is 22.6 Å². The van der Waals surface area contributed by atoms with E-state index in [4.69, 9.17) is 0 Å². The monoisotopic (exact) mass is 391 g/mol. The van der Waals surface area contributed by atoms with Crippen LogP contribution in [0.25, 0.3) is 0 Å². The van der Waals surface area contributed by atoms with Gasteiger partial charge < -0.3 is 4.90 Å². The van der Waals surface area contributed by atoms with E-state index in [1.165, 1.54) is 10.5 Å². The van der Waals surface area contributed by atoms with E-state index in [-0.39, 0.29) is 37.1 Å². The predicted molar refractivity (Wildman–Crippen MR) is 109 cm³/mol. The second-order valence-electron chi connectivity index (χ2n) is 7.58. The number of hydrogen-bond acceptors (Lipinski definition) is 4. The van der Waals surface area contributed by atoms with Crippen LogP contribution >= 0.6 is 0 Å². The third-order valence-electron chi connectivity index (χ3n) is 5.66. The van der Waals surface area contributed by atoms with E-state index < -0.39 is 0 Å². The van der Waals surface area contributed by atoms with Crippen molar-refractivity contribution in [3.63, 3.8) is 0 Å². The van der Waals surface area contributed by atoms with Crippen LogP contribution < -0.4 is 0 Å². The quantitative estimate of drug-likeness (QED) is 0.731. The van der Waals surface area contributed by atoms with Crippen molar-refractivity contribution in [1.29, 1.82) is 0 Å². The first kappa shape index (κ1) is 19.3. The fourth-order valence-corrected chi connectivity index (χ4v) is 3.99. The van der Waals surface area contributed by atoms with Crippen LogP contribution in [0.1, 0.15) is 27.9 Å². The highest BCUT2D eigenvalue weighted by Crippen LogP contribution is 2.20. The molecule has 3 amide bonds. The molecular formula is C23H25N3O3. The van der Waals surface area contributed by atoms with Gasteiger partial charge in [-0.25, -0.2) is 0 Å². The summed E-state index contributed by atoms with van der Waals surface area (Å²) in [5.41, 5.74) is 2.60. The second kappa shape index (κ2) is 8.57. The summed E-state index contributed by atoms with van der Waals surface area (Å²) in [7, 11) is 0. The van der Waals surface area contributed by atoms with Crippen molar-refractivity contribution in [2.75, 3.05) is 32.7 Å². The lowest BCUT2D eigenvalue weighted by Crippen LogP contribution is -2.49. The number of piperazine rings is 1. The molecule has 0 bridgehead atoms. The van der Waals surface area contributed by atoms with E-state index in [1.54, 1.807) is 12.1 Å². The molecule has 0 atom stereocenters. The van der Waals surface area contributed by atoms with E-state index in [0.29, 0.717) is 18.7 Å². The van der Waals surface area contributed by atoms with Gasteiger partial charge in [0.05, 0.1) is 6.42 Å². The first-order valence-electron chi connectivity index (χ1n) is 10.1. The Morgan fingerprint density at radius 3 is 2.31 bits per heavy atom. The molecule has 150 valence electrons. The molecule has 29 heavy (non-hydrogen) atoms. The molecule has 0 unspecified atom stereocenters. The molecule has 2 heterocycles. The zero-order valence-electron chi connectivity index (χ0n) is 16.4. The van der Waals surface area contributed by atoms with Gasteiger partial charge >= 0.3 is 0 Å². The van der Waals surface area contributed by atoms with Crippen LogP contribution in [0.5, 0.6) is 0 Å². The lowest BCUT2D eigenvalue weighted by molar-refractivity contribution is -0.134. The summed E-state index contributed by atoms with van der Waals surface area (Å²) >= 11 is 0. The van der Waals surface area contributed by atoms with E-state index in [1.807, 2.05) is 35.2 Å². The maximum Gasteiger partial charge on any atom is 0.260 e. The summed E-state index contributed by atoms with van der Waals surface area (Å²) in [5.74, 6) is -0.518. The van der Waals surface area contributed by atoms with Crippen molar-refractivity contribution in [3.05, 3.63) is 71.3 Å². The van der Waals surface area contributed by atoms with Crippen molar-refractivity contribution in [2.24, 2.45) is 0 Å². The maximum absolute atomic E-state index is 12.6. The lowest BCUT2D eigenvalue weighted by atomic mass is 9.98. The van der Waals surface area contributed by atoms with Crippen LogP contribution in [0, 0.1) is 0 Å². The number of carbonyl (C=O) groups is 3. The van der Waals surface area contributed by atoms with E-state index in [0.717, 1.165) is 25.2 Å². The summed E-state index contributed by atoms with van der Waals surface area (Å²) in [5, 5.41) is 0. The van der Waals surface area contributed by atoms with Crippen molar-refractivity contribution < 1.29 is 14.4 Å². The van der Waals surface area contributed by atoms with Gasteiger partial charge in [-0.2, -0.15) is 0 Å². The Kier molecular flexibility index (Phi) is 5.71. The van der Waals surface area contributed by atoms with Crippen molar-refractivity contribution in [3.8, 4) is 0 Å². The molecule has 2 aromatic carbocycles. The molecule has 1 fully saturated rings. The van der Waals surface area contributed by atoms with E-state index in [2.05, 4.69) is 17.0 Å². The first-order chi connectivity index (χ1) is 14.1. The minimum Gasteiger partial charge on any atom is -0.340 e. The fraction of sp³-hybridized carbons (Fsp3) is 0.348. The van der Waals surface area contributed by atoms with Gasteiger partial charge in [0.15, 0.2) is 0 Å². The molecule has 0 aromatic heterocycles. The summed E-state index contributed by atoms with van der Waals surface area (Å²) in [6.07, 6.45) is 0.395. The number of fused-ring (bicyclic) bond motifs is 1. The Balaban J connectivity index is 1.27. The van der Waals surface area contributed by atoms with Gasteiger partial charge in [-0.15, -0.1) is 0 Å². The summed E-state index contributed by atoms with van der Waals surface area (Å²) in [6, 6.07) is 17.5. The first-order valence-corrected chi connectivity index (χ1v) is 10.1. The molecular weight excluding hydrogens is 366 g/mol. The van der Waals surface area contributed by atoms with Crippen LogP contribution in [0.2, 0.25) is 0 Å². The smallest absolute Gasteiger partial charge is 0.260 e. The maximum atomic E-state index is 12.6. The summed E-state index contributed by atoms with van der Waals surface area (Å²) in [6.45, 7) is 4.05. The van der Waals surface area contributed by atoms with E-state index >= 15 is 0 Å². The summed E-state index contributed by atoms with van der Waals surface area (Å²) in [4.78, 5) is 43.0. The highest BCUT2D eigenvalue weighted by molar-refractivity contribution is 6.09. The number of nitrogens with zero attached hydrogens (tertiary/aromatic N) is 3. The molecule has 0 spiro atoms. The highest BCUT2D eigenvalue weighted by Gasteiger charge is 2.31. The average molecular weight is 391 g/mol. The zero-order chi connectivity index (χ0) is 20.2. The normalized spacial score (nSPS) is 17.4. The number of hydrogen-bond donors (Lipinski definition) is 0. The predicted octanol–water partition coefficient (Wildman–Crippen LogP) is 1.95. The topological polar surface area (TPSA) is 60.9 Å². The number of benzene rings is 2. The van der Waals surface area contributed by atoms with Gasteiger partial charge in [-0.3, -0.25) is 24.2 Å². The van der Waals surface area contributed by atoms with E-state index in [9.17, 15) is 14.4 Å². The minimum atomic E-state index is -0.294. The van der Waals surface area contributed by atoms with Crippen LogP contribution in [-0.4, -0.2) is 65.1 Å². The molecule has 0 aliphatic carbocycles. The molecule has 6 nitrogen and oxygen atoms in total. The molecule has 0 N–H and O–H groups in total. The molecule has 1 saturated heterocycles. The van der Waals surface area contributed by atoms with Gasteiger partial charge in [0, 0.05) is 51.3 Å². The summed E-state index contributed by atoms with van der Waals surface area (Å²) < 4.78 is 0. The molecule has 0 saturated carbocycles. The highest BCUT2D eigenvalue weighted by atomic mass is 16.2. The van der Waals surface area contributed by atoms with Gasteiger partial charge in [-0.1, -0.05) is 48.5 Å². The Morgan fingerprint density at radius 2 is 1.55 bits per heavy atom. The Hall–Kier alpha value is -2.99. The third-order valence-corrected chi connectivity index (χ3v) is 5.66. The minimum absolute atomic E-state index is 0.00354. The average Bonchev–Trinajstić information content (AvgIpc) is 2.75. The molecule has 6 heteroatoms. The van der Waals surface area contributed by atoms with Gasteiger partial charge in [0.25, 0.3) is 5.91 Å². The van der Waals surface area contributed by atoms with Crippen LogP contribution in [0.15, 0.2) is 54.6 Å². The molecule has 0 radical (unpaired) electrons. The molecule has 2 aliphatic rings. The van der Waals surface area contributed by atoms with Crippen molar-refractivity contribution in [2.45, 2.75) is 19.4 Å². The Bertz CT molecular complexity index is 905. The zero-order valence-corrected chi connectivity index (χ0v) is 16.4. The van der Waals surface area contributed by atoms with Gasteiger partial charge in [0.1, 0.15) is 0 Å². The van der Waals surface area contributed by atoms with Crippen molar-refractivity contribution >= 4 is 17.7 Å². The van der Waals surface area contributed by atoms with Crippen LogP contribution in [0.3, 0.4) is 0 Å². The van der Waals surface area contributed by atoms with Gasteiger partial charge in [-0.05, 0) is 17.2 Å². The SMILES string of the molecule is O=C(CCN1C(=O)Cc2ccccc2C1=O)N1CCN(Cc2ccccc2)CC1. The number of amides is 3.